The van der Waals surface area contributed by atoms with Crippen LogP contribution in [0.2, 0.25) is 0 Å². The molecule has 2 rings (SSSR count). The summed E-state index contributed by atoms with van der Waals surface area (Å²) < 4.78 is 5.40. The molecule has 0 aromatic heterocycles. The van der Waals surface area contributed by atoms with Gasteiger partial charge in [0.25, 0.3) is 0 Å². The Morgan fingerprint density at radius 3 is 2.46 bits per heavy atom. The van der Waals surface area contributed by atoms with Crippen molar-refractivity contribution in [2.24, 2.45) is 0 Å². The highest BCUT2D eigenvalue weighted by Crippen LogP contribution is 2.13. The van der Waals surface area contributed by atoms with Gasteiger partial charge in [-0.2, -0.15) is 5.26 Å². The van der Waals surface area contributed by atoms with Crippen molar-refractivity contribution in [2.45, 2.75) is 51.7 Å². The lowest BCUT2D eigenvalue weighted by atomic mass is 10.0. The minimum absolute atomic E-state index is 0.00844. The molecule has 0 aliphatic carbocycles. The van der Waals surface area contributed by atoms with Crippen LogP contribution in [0, 0.1) is 11.3 Å². The zero-order valence-electron chi connectivity index (χ0n) is 14.8. The molecule has 0 unspecified atom stereocenters. The highest BCUT2D eigenvalue weighted by atomic mass is 16.6. The van der Waals surface area contributed by atoms with Gasteiger partial charge >= 0.3 is 6.09 Å². The van der Waals surface area contributed by atoms with E-state index in [1.54, 1.807) is 0 Å². The number of likely N-dealkylation sites (tertiary alicyclic amines) is 1. The summed E-state index contributed by atoms with van der Waals surface area (Å²) in [5.41, 5.74) is 1.25. The van der Waals surface area contributed by atoms with Crippen molar-refractivity contribution in [3.8, 4) is 6.07 Å². The summed E-state index contributed by atoms with van der Waals surface area (Å²) in [6, 6.07) is 9.65. The van der Waals surface area contributed by atoms with Gasteiger partial charge in [-0.25, -0.2) is 4.79 Å². The third kappa shape index (κ3) is 6.21. The maximum atomic E-state index is 12.1. The zero-order chi connectivity index (χ0) is 17.6. The molecule has 1 aromatic carbocycles. The van der Waals surface area contributed by atoms with Crippen LogP contribution in [-0.2, 0) is 11.2 Å². The van der Waals surface area contributed by atoms with E-state index in [1.165, 1.54) is 12.8 Å². The molecule has 1 fully saturated rings. The second kappa shape index (κ2) is 8.16. The van der Waals surface area contributed by atoms with Crippen LogP contribution < -0.4 is 5.32 Å². The van der Waals surface area contributed by atoms with Crippen molar-refractivity contribution >= 4 is 6.09 Å². The number of amides is 1. The minimum atomic E-state index is -0.503. The SMILES string of the molecule is CC(C)(C)OC(=O)N[C@H](Cc1ccc(C#N)cc1)CN1CCCC1. The Balaban J connectivity index is 2.00. The van der Waals surface area contributed by atoms with Crippen LogP contribution in [0.15, 0.2) is 24.3 Å². The maximum absolute atomic E-state index is 12.1. The summed E-state index contributed by atoms with van der Waals surface area (Å²) in [5.74, 6) is 0. The van der Waals surface area contributed by atoms with Gasteiger partial charge in [0.05, 0.1) is 11.6 Å². The predicted molar refractivity (Wildman–Crippen MR) is 93.7 cm³/mol. The van der Waals surface area contributed by atoms with Gasteiger partial charge in [0.2, 0.25) is 0 Å². The smallest absolute Gasteiger partial charge is 0.407 e. The molecule has 1 aliphatic rings. The molecule has 1 atom stereocenters. The summed E-state index contributed by atoms with van der Waals surface area (Å²) >= 11 is 0. The molecule has 1 aromatic rings. The molecule has 1 heterocycles. The number of carbonyl (C=O) groups is 1. The van der Waals surface area contributed by atoms with Gasteiger partial charge in [0.15, 0.2) is 0 Å². The van der Waals surface area contributed by atoms with Gasteiger partial charge in [0, 0.05) is 12.6 Å². The van der Waals surface area contributed by atoms with Gasteiger partial charge in [-0.3, -0.25) is 0 Å². The zero-order valence-corrected chi connectivity index (χ0v) is 14.8. The van der Waals surface area contributed by atoms with E-state index in [0.29, 0.717) is 5.56 Å². The number of alkyl carbamates (subject to hydrolysis) is 1. The lowest BCUT2D eigenvalue weighted by Gasteiger charge is -2.27. The van der Waals surface area contributed by atoms with E-state index in [0.717, 1.165) is 31.6 Å². The van der Waals surface area contributed by atoms with E-state index < -0.39 is 5.60 Å². The van der Waals surface area contributed by atoms with Crippen LogP contribution in [-0.4, -0.2) is 42.3 Å². The molecule has 1 saturated heterocycles. The lowest BCUT2D eigenvalue weighted by molar-refractivity contribution is 0.0494. The summed E-state index contributed by atoms with van der Waals surface area (Å²) in [5, 5.41) is 11.9. The largest absolute Gasteiger partial charge is 0.444 e. The number of nitrogens with zero attached hydrogens (tertiary/aromatic N) is 2. The van der Waals surface area contributed by atoms with Crippen molar-refractivity contribution < 1.29 is 9.53 Å². The number of hydrogen-bond acceptors (Lipinski definition) is 4. The van der Waals surface area contributed by atoms with Crippen molar-refractivity contribution in [1.29, 1.82) is 5.26 Å². The summed E-state index contributed by atoms with van der Waals surface area (Å²) in [4.78, 5) is 14.5. The third-order valence-corrected chi connectivity index (χ3v) is 3.96. The second-order valence-corrected chi connectivity index (χ2v) is 7.36. The number of carbonyl (C=O) groups excluding carboxylic acids is 1. The molecule has 1 N–H and O–H groups in total. The Hall–Kier alpha value is -2.06. The van der Waals surface area contributed by atoms with Crippen molar-refractivity contribution in [3.05, 3.63) is 35.4 Å². The Bertz CT molecular complexity index is 578. The summed E-state index contributed by atoms with van der Waals surface area (Å²) in [7, 11) is 0. The number of ether oxygens (including phenoxy) is 1. The van der Waals surface area contributed by atoms with E-state index in [2.05, 4.69) is 16.3 Å². The number of nitriles is 1. The van der Waals surface area contributed by atoms with E-state index >= 15 is 0 Å². The van der Waals surface area contributed by atoms with Gasteiger partial charge < -0.3 is 15.0 Å². The Morgan fingerprint density at radius 2 is 1.92 bits per heavy atom. The standard InChI is InChI=1S/C19H27N3O2/c1-19(2,3)24-18(23)21-17(14-22-10-4-5-11-22)12-15-6-8-16(13-20)9-7-15/h6-9,17H,4-5,10-12,14H2,1-3H3,(H,21,23)/t17-/m1/s1. The van der Waals surface area contributed by atoms with Crippen molar-refractivity contribution in [2.75, 3.05) is 19.6 Å². The van der Waals surface area contributed by atoms with Crippen LogP contribution in [0.1, 0.15) is 44.7 Å². The summed E-state index contributed by atoms with van der Waals surface area (Å²) in [6.45, 7) is 8.58. The molecular formula is C19H27N3O2. The molecule has 0 radical (unpaired) electrons. The molecule has 1 amide bonds. The van der Waals surface area contributed by atoms with Crippen LogP contribution in [0.25, 0.3) is 0 Å². The minimum Gasteiger partial charge on any atom is -0.444 e. The topological polar surface area (TPSA) is 65.4 Å². The fraction of sp³-hybridized carbons (Fsp3) is 0.579. The van der Waals surface area contributed by atoms with Gasteiger partial charge in [0.1, 0.15) is 5.60 Å². The lowest BCUT2D eigenvalue weighted by Crippen LogP contribution is -2.46. The molecule has 24 heavy (non-hydrogen) atoms. The molecule has 0 saturated carbocycles. The monoisotopic (exact) mass is 329 g/mol. The number of rotatable bonds is 5. The van der Waals surface area contributed by atoms with E-state index in [9.17, 15) is 4.79 Å². The highest BCUT2D eigenvalue weighted by Gasteiger charge is 2.22. The number of nitrogens with one attached hydrogen (secondary N) is 1. The summed E-state index contributed by atoms with van der Waals surface area (Å²) in [6.07, 6.45) is 2.79. The molecule has 5 nitrogen and oxygen atoms in total. The molecule has 0 bridgehead atoms. The average molecular weight is 329 g/mol. The van der Waals surface area contributed by atoms with E-state index in [4.69, 9.17) is 10.00 Å². The second-order valence-electron chi connectivity index (χ2n) is 7.36. The number of benzene rings is 1. The van der Waals surface area contributed by atoms with Gasteiger partial charge in [-0.15, -0.1) is 0 Å². The van der Waals surface area contributed by atoms with Gasteiger partial charge in [-0.05, 0) is 70.8 Å². The predicted octanol–water partition coefficient (Wildman–Crippen LogP) is 3.09. The van der Waals surface area contributed by atoms with E-state index in [-0.39, 0.29) is 12.1 Å². The molecule has 5 heteroatoms. The van der Waals surface area contributed by atoms with Crippen LogP contribution in [0.3, 0.4) is 0 Å². The van der Waals surface area contributed by atoms with Crippen LogP contribution in [0.5, 0.6) is 0 Å². The molecule has 130 valence electrons. The van der Waals surface area contributed by atoms with Gasteiger partial charge in [-0.1, -0.05) is 12.1 Å². The molecular weight excluding hydrogens is 302 g/mol. The first-order valence-electron chi connectivity index (χ1n) is 8.56. The quantitative estimate of drug-likeness (QED) is 0.901. The first-order valence-corrected chi connectivity index (χ1v) is 8.56. The van der Waals surface area contributed by atoms with Crippen molar-refractivity contribution in [1.82, 2.24) is 10.2 Å². The van der Waals surface area contributed by atoms with Crippen molar-refractivity contribution in [3.63, 3.8) is 0 Å². The third-order valence-electron chi connectivity index (χ3n) is 3.96. The fourth-order valence-electron chi connectivity index (χ4n) is 2.91. The fourth-order valence-corrected chi connectivity index (χ4v) is 2.91. The van der Waals surface area contributed by atoms with E-state index in [1.807, 2.05) is 45.0 Å². The Labute approximate surface area is 144 Å². The maximum Gasteiger partial charge on any atom is 0.407 e. The first kappa shape index (κ1) is 18.3. The number of hydrogen-bond donors (Lipinski definition) is 1. The van der Waals surface area contributed by atoms with Crippen LogP contribution in [0.4, 0.5) is 4.79 Å². The molecule has 0 spiro atoms. The molecule has 1 aliphatic heterocycles. The normalized spacial score (nSPS) is 16.4. The Kier molecular flexibility index (Phi) is 6.22. The highest BCUT2D eigenvalue weighted by molar-refractivity contribution is 5.68. The average Bonchev–Trinajstić information content (AvgIpc) is 2.99. The Morgan fingerprint density at radius 1 is 1.29 bits per heavy atom. The van der Waals surface area contributed by atoms with Crippen LogP contribution >= 0.6 is 0 Å². The first-order chi connectivity index (χ1) is 11.4.